The molecule has 2 unspecified atom stereocenters. The minimum atomic E-state index is -0.271. The predicted octanol–water partition coefficient (Wildman–Crippen LogP) is -1.29. The van der Waals surface area contributed by atoms with Crippen LogP contribution in [0.5, 0.6) is 0 Å². The molecule has 4 amide bonds. The minimum Gasteiger partial charge on any atom is -0.355 e. The molecule has 8 heteroatoms. The first-order valence-corrected chi connectivity index (χ1v) is 9.15. The van der Waals surface area contributed by atoms with E-state index in [1.807, 2.05) is 9.80 Å². The molecular formula is C17H24N4O4. The number of amides is 4. The smallest absolute Gasteiger partial charge is 0.228 e. The molecule has 0 radical (unpaired) electrons. The van der Waals surface area contributed by atoms with Crippen molar-refractivity contribution in [3.05, 3.63) is 0 Å². The molecule has 0 aromatic rings. The summed E-state index contributed by atoms with van der Waals surface area (Å²) in [5.74, 6) is -0.297. The number of rotatable bonds is 2. The Morgan fingerprint density at radius 2 is 1.56 bits per heavy atom. The maximum absolute atomic E-state index is 12.8. The normalized spacial score (nSPS) is 34.7. The second-order valence-corrected chi connectivity index (χ2v) is 7.65. The van der Waals surface area contributed by atoms with Gasteiger partial charge in [0.15, 0.2) is 0 Å². The zero-order valence-corrected chi connectivity index (χ0v) is 14.2. The van der Waals surface area contributed by atoms with Gasteiger partial charge in [0.25, 0.3) is 0 Å². The molecule has 0 spiro atoms. The summed E-state index contributed by atoms with van der Waals surface area (Å²) >= 11 is 0. The van der Waals surface area contributed by atoms with Crippen molar-refractivity contribution < 1.29 is 19.2 Å². The summed E-state index contributed by atoms with van der Waals surface area (Å²) in [5, 5.41) is 5.44. The first-order valence-electron chi connectivity index (χ1n) is 9.15. The average molecular weight is 348 g/mol. The standard InChI is InChI=1S/C17H24N4O4/c22-14-4-11(6-18-14)16(24)20-8-10-2-1-3-21(13(10)9-20)17(25)12-5-15(23)19-7-12/h10-13H,1-9H2,(H,18,22)(H,19,23)/t10-,11?,12?,13+/m0/s1. The van der Waals surface area contributed by atoms with Crippen molar-refractivity contribution in [1.82, 2.24) is 20.4 Å². The van der Waals surface area contributed by atoms with Gasteiger partial charge in [0.05, 0.1) is 17.9 Å². The number of fused-ring (bicyclic) bond motifs is 1. The molecule has 0 bridgehead atoms. The van der Waals surface area contributed by atoms with E-state index < -0.39 is 0 Å². The molecule has 4 atom stereocenters. The molecule has 4 saturated heterocycles. The van der Waals surface area contributed by atoms with Gasteiger partial charge in [0.2, 0.25) is 23.6 Å². The van der Waals surface area contributed by atoms with Crippen LogP contribution in [0.3, 0.4) is 0 Å². The monoisotopic (exact) mass is 348 g/mol. The summed E-state index contributed by atoms with van der Waals surface area (Å²) in [6, 6.07) is 0.0472. The number of piperidine rings is 1. The molecule has 4 heterocycles. The Morgan fingerprint density at radius 3 is 2.16 bits per heavy atom. The van der Waals surface area contributed by atoms with Gasteiger partial charge in [-0.05, 0) is 18.8 Å². The number of hydrogen-bond acceptors (Lipinski definition) is 4. The van der Waals surface area contributed by atoms with Crippen LogP contribution in [-0.2, 0) is 19.2 Å². The first-order chi connectivity index (χ1) is 12.0. The molecule has 4 rings (SSSR count). The van der Waals surface area contributed by atoms with Crippen molar-refractivity contribution in [3.8, 4) is 0 Å². The molecule has 0 aromatic carbocycles. The van der Waals surface area contributed by atoms with Crippen LogP contribution in [-0.4, -0.2) is 72.2 Å². The highest BCUT2D eigenvalue weighted by Crippen LogP contribution is 2.33. The van der Waals surface area contributed by atoms with E-state index in [0.717, 1.165) is 12.8 Å². The van der Waals surface area contributed by atoms with Gasteiger partial charge in [-0.3, -0.25) is 19.2 Å². The lowest BCUT2D eigenvalue weighted by Crippen LogP contribution is -2.51. The molecule has 0 saturated carbocycles. The maximum atomic E-state index is 12.8. The molecule has 4 aliphatic heterocycles. The van der Waals surface area contributed by atoms with Crippen LogP contribution in [0, 0.1) is 17.8 Å². The lowest BCUT2D eigenvalue weighted by molar-refractivity contribution is -0.140. The third kappa shape index (κ3) is 2.98. The van der Waals surface area contributed by atoms with E-state index in [1.165, 1.54) is 0 Å². The highest BCUT2D eigenvalue weighted by molar-refractivity contribution is 5.90. The number of carbonyl (C=O) groups excluding carboxylic acids is 4. The average Bonchev–Trinajstić information content (AvgIpc) is 3.32. The second-order valence-electron chi connectivity index (χ2n) is 7.65. The molecule has 2 N–H and O–H groups in total. The van der Waals surface area contributed by atoms with Crippen molar-refractivity contribution in [1.29, 1.82) is 0 Å². The van der Waals surface area contributed by atoms with Crippen LogP contribution in [0.4, 0.5) is 0 Å². The molecular weight excluding hydrogens is 324 g/mol. The van der Waals surface area contributed by atoms with Gasteiger partial charge < -0.3 is 20.4 Å². The summed E-state index contributed by atoms with van der Waals surface area (Å²) in [7, 11) is 0. The van der Waals surface area contributed by atoms with Crippen molar-refractivity contribution >= 4 is 23.6 Å². The molecule has 4 aliphatic rings. The van der Waals surface area contributed by atoms with Crippen LogP contribution >= 0.6 is 0 Å². The fraction of sp³-hybridized carbons (Fsp3) is 0.765. The third-order valence-corrected chi connectivity index (χ3v) is 6.03. The van der Waals surface area contributed by atoms with Crippen molar-refractivity contribution in [2.24, 2.45) is 17.8 Å². The van der Waals surface area contributed by atoms with Crippen LogP contribution in [0.25, 0.3) is 0 Å². The maximum Gasteiger partial charge on any atom is 0.228 e. The quantitative estimate of drug-likeness (QED) is 0.648. The summed E-state index contributed by atoms with van der Waals surface area (Å²) in [4.78, 5) is 52.1. The zero-order valence-electron chi connectivity index (χ0n) is 14.2. The molecule has 0 aliphatic carbocycles. The molecule has 25 heavy (non-hydrogen) atoms. The molecule has 8 nitrogen and oxygen atoms in total. The summed E-state index contributed by atoms with van der Waals surface area (Å²) < 4.78 is 0. The van der Waals surface area contributed by atoms with Crippen LogP contribution in [0.2, 0.25) is 0 Å². The fourth-order valence-corrected chi connectivity index (χ4v) is 4.69. The summed E-state index contributed by atoms with van der Waals surface area (Å²) in [5.41, 5.74) is 0. The molecule has 4 fully saturated rings. The van der Waals surface area contributed by atoms with Crippen LogP contribution < -0.4 is 10.6 Å². The lowest BCUT2D eigenvalue weighted by atomic mass is 9.90. The van der Waals surface area contributed by atoms with Crippen LogP contribution in [0.1, 0.15) is 25.7 Å². The number of likely N-dealkylation sites (tertiary alicyclic amines) is 2. The van der Waals surface area contributed by atoms with E-state index >= 15 is 0 Å². The minimum absolute atomic E-state index is 0.0258. The van der Waals surface area contributed by atoms with Crippen LogP contribution in [0.15, 0.2) is 0 Å². The van der Waals surface area contributed by atoms with Gasteiger partial charge in [0.1, 0.15) is 0 Å². The SMILES string of the molecule is O=C1CC(C(=O)N2C[C@@H]3CCCN(C(=O)C4CNC(=O)C4)[C@@H]3C2)CN1. The zero-order chi connectivity index (χ0) is 17.6. The van der Waals surface area contributed by atoms with Crippen molar-refractivity contribution in [2.45, 2.75) is 31.7 Å². The lowest BCUT2D eigenvalue weighted by Gasteiger charge is -2.38. The van der Waals surface area contributed by atoms with Gasteiger partial charge in [-0.25, -0.2) is 0 Å². The molecule has 136 valence electrons. The Labute approximate surface area is 146 Å². The predicted molar refractivity (Wildman–Crippen MR) is 87.0 cm³/mol. The highest BCUT2D eigenvalue weighted by Gasteiger charge is 2.46. The van der Waals surface area contributed by atoms with E-state index in [0.29, 0.717) is 38.6 Å². The van der Waals surface area contributed by atoms with E-state index in [-0.39, 0.29) is 54.3 Å². The molecule has 0 aromatic heterocycles. The van der Waals surface area contributed by atoms with E-state index in [9.17, 15) is 19.2 Å². The number of nitrogens with zero attached hydrogens (tertiary/aromatic N) is 2. The Bertz CT molecular complexity index is 622. The topological polar surface area (TPSA) is 98.8 Å². The Kier molecular flexibility index (Phi) is 4.13. The largest absolute Gasteiger partial charge is 0.355 e. The van der Waals surface area contributed by atoms with Gasteiger partial charge in [-0.2, -0.15) is 0 Å². The summed E-state index contributed by atoms with van der Waals surface area (Å²) in [6.45, 7) is 2.76. The fourth-order valence-electron chi connectivity index (χ4n) is 4.69. The number of nitrogens with one attached hydrogen (secondary N) is 2. The first kappa shape index (κ1) is 16.4. The number of hydrogen-bond donors (Lipinski definition) is 2. The second kappa shape index (κ2) is 6.31. The van der Waals surface area contributed by atoms with Gasteiger partial charge in [-0.1, -0.05) is 0 Å². The van der Waals surface area contributed by atoms with Crippen molar-refractivity contribution in [3.63, 3.8) is 0 Å². The van der Waals surface area contributed by atoms with E-state index in [4.69, 9.17) is 0 Å². The Balaban J connectivity index is 1.43. The van der Waals surface area contributed by atoms with Gasteiger partial charge in [0, 0.05) is 45.6 Å². The van der Waals surface area contributed by atoms with E-state index in [1.54, 1.807) is 0 Å². The van der Waals surface area contributed by atoms with E-state index in [2.05, 4.69) is 10.6 Å². The van der Waals surface area contributed by atoms with Crippen molar-refractivity contribution in [2.75, 3.05) is 32.7 Å². The Morgan fingerprint density at radius 1 is 0.920 bits per heavy atom. The van der Waals surface area contributed by atoms with Gasteiger partial charge in [-0.15, -0.1) is 0 Å². The third-order valence-electron chi connectivity index (χ3n) is 6.03. The Hall–Kier alpha value is -2.12. The van der Waals surface area contributed by atoms with Gasteiger partial charge >= 0.3 is 0 Å². The number of carbonyl (C=O) groups is 4. The highest BCUT2D eigenvalue weighted by atomic mass is 16.2. The summed E-state index contributed by atoms with van der Waals surface area (Å²) in [6.07, 6.45) is 2.49.